The van der Waals surface area contributed by atoms with E-state index in [1.54, 1.807) is 4.90 Å². The molecule has 6 heteroatoms. The van der Waals surface area contributed by atoms with Crippen molar-refractivity contribution in [1.82, 2.24) is 14.5 Å². The number of aliphatic hydroxyl groups is 1. The zero-order valence-electron chi connectivity index (χ0n) is 10.7. The summed E-state index contributed by atoms with van der Waals surface area (Å²) in [5.74, 6) is -0.0959. The molecular weight excluding hydrogens is 238 g/mol. The predicted molar refractivity (Wildman–Crippen MR) is 67.3 cm³/mol. The van der Waals surface area contributed by atoms with Crippen LogP contribution in [0.3, 0.4) is 0 Å². The van der Waals surface area contributed by atoms with Crippen molar-refractivity contribution in [2.24, 2.45) is 0 Å². The van der Waals surface area contributed by atoms with Crippen LogP contribution in [0.4, 0.5) is 0 Å². The van der Waals surface area contributed by atoms with Crippen LogP contribution >= 0.6 is 11.5 Å². The number of aromatic nitrogens is 2. The highest BCUT2D eigenvalue weighted by atomic mass is 32.1. The fourth-order valence-electron chi connectivity index (χ4n) is 1.49. The van der Waals surface area contributed by atoms with Crippen LogP contribution in [-0.2, 0) is 5.41 Å². The standard InChI is InChI=1S/C11H19N3O2S/c1-5-14(6-7-15)10(16)8-9(11(2,3)4)12-13-17-8/h15H,5-7H2,1-4H3. The number of nitrogens with zero attached hydrogens (tertiary/aromatic N) is 3. The highest BCUT2D eigenvalue weighted by Crippen LogP contribution is 2.26. The average Bonchev–Trinajstić information content (AvgIpc) is 2.73. The summed E-state index contributed by atoms with van der Waals surface area (Å²) in [7, 11) is 0. The lowest BCUT2D eigenvalue weighted by molar-refractivity contribution is 0.0734. The van der Waals surface area contributed by atoms with Crippen molar-refractivity contribution in [1.29, 1.82) is 0 Å². The lowest BCUT2D eigenvalue weighted by Crippen LogP contribution is -2.34. The van der Waals surface area contributed by atoms with Gasteiger partial charge in [0.1, 0.15) is 4.88 Å². The van der Waals surface area contributed by atoms with Gasteiger partial charge >= 0.3 is 0 Å². The van der Waals surface area contributed by atoms with E-state index < -0.39 is 0 Å². The zero-order chi connectivity index (χ0) is 13.1. The Hall–Kier alpha value is -1.01. The van der Waals surface area contributed by atoms with Gasteiger partial charge in [-0.3, -0.25) is 4.79 Å². The highest BCUT2D eigenvalue weighted by molar-refractivity contribution is 7.08. The van der Waals surface area contributed by atoms with Crippen LogP contribution < -0.4 is 0 Å². The van der Waals surface area contributed by atoms with Gasteiger partial charge in [0.2, 0.25) is 0 Å². The summed E-state index contributed by atoms with van der Waals surface area (Å²) in [5, 5.41) is 13.0. The van der Waals surface area contributed by atoms with Gasteiger partial charge in [0.15, 0.2) is 0 Å². The number of hydrogen-bond acceptors (Lipinski definition) is 5. The molecular formula is C11H19N3O2S. The molecule has 0 fully saturated rings. The maximum Gasteiger partial charge on any atom is 0.267 e. The third-order valence-corrected chi connectivity index (χ3v) is 3.15. The molecule has 1 N–H and O–H groups in total. The van der Waals surface area contributed by atoms with Gasteiger partial charge in [-0.15, -0.1) is 5.10 Å². The molecule has 0 saturated carbocycles. The SMILES string of the molecule is CCN(CCO)C(=O)c1snnc1C(C)(C)C. The Kier molecular flexibility index (Phi) is 4.59. The summed E-state index contributed by atoms with van der Waals surface area (Å²) in [6.45, 7) is 8.78. The number of rotatable bonds is 4. The van der Waals surface area contributed by atoms with Gasteiger partial charge in [-0.25, -0.2) is 0 Å². The lowest BCUT2D eigenvalue weighted by atomic mass is 9.91. The summed E-state index contributed by atoms with van der Waals surface area (Å²) in [4.78, 5) is 14.4. The van der Waals surface area contributed by atoms with E-state index in [9.17, 15) is 4.79 Å². The molecule has 0 spiro atoms. The first-order valence-corrected chi connectivity index (χ1v) is 6.42. The minimum Gasteiger partial charge on any atom is -0.395 e. The van der Waals surface area contributed by atoms with Gasteiger partial charge in [-0.1, -0.05) is 25.3 Å². The lowest BCUT2D eigenvalue weighted by Gasteiger charge is -2.21. The number of carbonyl (C=O) groups is 1. The first-order chi connectivity index (χ1) is 7.91. The minimum atomic E-state index is -0.198. The molecule has 0 bridgehead atoms. The van der Waals surface area contributed by atoms with Crippen molar-refractivity contribution in [3.05, 3.63) is 10.6 Å². The van der Waals surface area contributed by atoms with Crippen LogP contribution in [0.15, 0.2) is 0 Å². The van der Waals surface area contributed by atoms with E-state index >= 15 is 0 Å². The van der Waals surface area contributed by atoms with Gasteiger partial charge in [0, 0.05) is 18.5 Å². The van der Waals surface area contributed by atoms with Gasteiger partial charge in [-0.2, -0.15) is 0 Å². The number of aliphatic hydroxyl groups excluding tert-OH is 1. The predicted octanol–water partition coefficient (Wildman–Crippen LogP) is 1.29. The summed E-state index contributed by atoms with van der Waals surface area (Å²) < 4.78 is 3.87. The second kappa shape index (κ2) is 5.55. The van der Waals surface area contributed by atoms with Gasteiger partial charge in [-0.05, 0) is 18.5 Å². The molecule has 0 radical (unpaired) electrons. The molecule has 1 aromatic rings. The second-order valence-corrected chi connectivity index (χ2v) is 5.56. The molecule has 5 nitrogen and oxygen atoms in total. The molecule has 17 heavy (non-hydrogen) atoms. The maximum atomic E-state index is 12.2. The van der Waals surface area contributed by atoms with Crippen molar-refractivity contribution in [3.8, 4) is 0 Å². The number of likely N-dealkylation sites (N-methyl/N-ethyl adjacent to an activating group) is 1. The summed E-state index contributed by atoms with van der Waals surface area (Å²) in [5.41, 5.74) is 0.528. The van der Waals surface area contributed by atoms with E-state index in [2.05, 4.69) is 9.59 Å². The van der Waals surface area contributed by atoms with Crippen LogP contribution in [0.25, 0.3) is 0 Å². The molecule has 0 saturated heterocycles. The van der Waals surface area contributed by atoms with Crippen molar-refractivity contribution in [2.75, 3.05) is 19.7 Å². The van der Waals surface area contributed by atoms with E-state index in [0.717, 1.165) is 17.2 Å². The van der Waals surface area contributed by atoms with E-state index in [1.165, 1.54) is 0 Å². The normalized spacial score (nSPS) is 11.6. The molecule has 0 aliphatic carbocycles. The number of carbonyl (C=O) groups excluding carboxylic acids is 1. The third-order valence-electron chi connectivity index (χ3n) is 2.43. The first kappa shape index (κ1) is 14.1. The van der Waals surface area contributed by atoms with Gasteiger partial charge in [0.05, 0.1) is 12.3 Å². The van der Waals surface area contributed by atoms with E-state index in [4.69, 9.17) is 5.11 Å². The summed E-state index contributed by atoms with van der Waals surface area (Å²) >= 11 is 1.12. The van der Waals surface area contributed by atoms with E-state index in [0.29, 0.717) is 18.0 Å². The first-order valence-electron chi connectivity index (χ1n) is 5.64. The fourth-order valence-corrected chi connectivity index (χ4v) is 2.33. The second-order valence-electron chi connectivity index (χ2n) is 4.81. The fraction of sp³-hybridized carbons (Fsp3) is 0.727. The maximum absolute atomic E-state index is 12.2. The van der Waals surface area contributed by atoms with E-state index in [-0.39, 0.29) is 17.9 Å². The van der Waals surface area contributed by atoms with Crippen LogP contribution in [0.2, 0.25) is 0 Å². The molecule has 1 aromatic heterocycles. The Morgan fingerprint density at radius 1 is 1.47 bits per heavy atom. The van der Waals surface area contributed by atoms with E-state index in [1.807, 2.05) is 27.7 Å². The monoisotopic (exact) mass is 257 g/mol. The average molecular weight is 257 g/mol. The van der Waals surface area contributed by atoms with Crippen LogP contribution in [0, 0.1) is 0 Å². The quantitative estimate of drug-likeness (QED) is 0.882. The Morgan fingerprint density at radius 3 is 2.59 bits per heavy atom. The van der Waals surface area contributed by atoms with Crippen molar-refractivity contribution < 1.29 is 9.90 Å². The van der Waals surface area contributed by atoms with Crippen molar-refractivity contribution >= 4 is 17.4 Å². The zero-order valence-corrected chi connectivity index (χ0v) is 11.5. The van der Waals surface area contributed by atoms with Crippen molar-refractivity contribution in [3.63, 3.8) is 0 Å². The van der Waals surface area contributed by atoms with Gasteiger partial charge in [0.25, 0.3) is 5.91 Å². The smallest absolute Gasteiger partial charge is 0.267 e. The largest absolute Gasteiger partial charge is 0.395 e. The molecule has 1 amide bonds. The molecule has 0 unspecified atom stereocenters. The summed E-state index contributed by atoms with van der Waals surface area (Å²) in [6, 6.07) is 0. The molecule has 0 atom stereocenters. The Morgan fingerprint density at radius 2 is 2.12 bits per heavy atom. The van der Waals surface area contributed by atoms with Crippen molar-refractivity contribution in [2.45, 2.75) is 33.1 Å². The molecule has 0 aromatic carbocycles. The number of hydrogen-bond donors (Lipinski definition) is 1. The third kappa shape index (κ3) is 3.23. The number of amides is 1. The summed E-state index contributed by atoms with van der Waals surface area (Å²) in [6.07, 6.45) is 0. The van der Waals surface area contributed by atoms with Crippen LogP contribution in [0.1, 0.15) is 43.1 Å². The molecule has 0 aliphatic heterocycles. The van der Waals surface area contributed by atoms with Crippen LogP contribution in [-0.4, -0.2) is 45.2 Å². The Bertz CT molecular complexity index is 384. The molecule has 96 valence electrons. The molecule has 0 aliphatic rings. The Labute approximate surface area is 106 Å². The minimum absolute atomic E-state index is 0.0311. The Balaban J connectivity index is 3.00. The van der Waals surface area contributed by atoms with Gasteiger partial charge < -0.3 is 10.0 Å². The highest BCUT2D eigenvalue weighted by Gasteiger charge is 2.28. The molecule has 1 rings (SSSR count). The molecule has 1 heterocycles. The van der Waals surface area contributed by atoms with Crippen LogP contribution in [0.5, 0.6) is 0 Å². The topological polar surface area (TPSA) is 66.3 Å².